The van der Waals surface area contributed by atoms with Crippen molar-refractivity contribution in [2.45, 2.75) is 25.8 Å². The molecule has 2 aromatic rings. The Kier molecular flexibility index (Phi) is 8.32. The molecule has 22 heavy (non-hydrogen) atoms. The summed E-state index contributed by atoms with van der Waals surface area (Å²) in [7, 11) is 1.70. The number of aryl methyl sites for hydroxylation is 1. The number of rotatable bonds is 7. The first-order chi connectivity index (χ1) is 10.2. The van der Waals surface area contributed by atoms with E-state index in [-0.39, 0.29) is 12.4 Å². The highest BCUT2D eigenvalue weighted by atomic mass is 35.5. The van der Waals surface area contributed by atoms with Gasteiger partial charge >= 0.3 is 0 Å². The summed E-state index contributed by atoms with van der Waals surface area (Å²) in [6, 6.07) is 16.5. The zero-order valence-electron chi connectivity index (χ0n) is 13.0. The third-order valence-electron chi connectivity index (χ3n) is 3.63. The summed E-state index contributed by atoms with van der Waals surface area (Å²) in [5.41, 5.74) is 2.46. The third-order valence-corrected chi connectivity index (χ3v) is 3.99. The SMILES string of the molecule is COc1cccc(C(C)NCCCc2ccccc2Cl)c1.Cl. The van der Waals surface area contributed by atoms with Gasteiger partial charge in [0.05, 0.1) is 7.11 Å². The van der Waals surface area contributed by atoms with E-state index in [9.17, 15) is 0 Å². The van der Waals surface area contributed by atoms with Gasteiger partial charge in [-0.05, 0) is 55.6 Å². The fourth-order valence-corrected chi connectivity index (χ4v) is 2.56. The third kappa shape index (κ3) is 5.53. The maximum atomic E-state index is 6.16. The number of benzene rings is 2. The predicted molar refractivity (Wildman–Crippen MR) is 96.4 cm³/mol. The molecular weight excluding hydrogens is 317 g/mol. The van der Waals surface area contributed by atoms with E-state index < -0.39 is 0 Å². The largest absolute Gasteiger partial charge is 0.497 e. The van der Waals surface area contributed by atoms with E-state index in [2.05, 4.69) is 30.4 Å². The number of nitrogens with one attached hydrogen (secondary N) is 1. The van der Waals surface area contributed by atoms with E-state index in [4.69, 9.17) is 16.3 Å². The van der Waals surface area contributed by atoms with Crippen LogP contribution in [0.2, 0.25) is 5.02 Å². The number of hydrogen-bond acceptors (Lipinski definition) is 2. The molecule has 0 saturated heterocycles. The van der Waals surface area contributed by atoms with E-state index in [1.165, 1.54) is 11.1 Å². The van der Waals surface area contributed by atoms with Gasteiger partial charge in [0.15, 0.2) is 0 Å². The second-order valence-corrected chi connectivity index (χ2v) is 5.55. The van der Waals surface area contributed by atoms with Crippen LogP contribution in [0.15, 0.2) is 48.5 Å². The summed E-state index contributed by atoms with van der Waals surface area (Å²) in [6.45, 7) is 3.13. The van der Waals surface area contributed by atoms with Crippen LogP contribution in [0, 0.1) is 0 Å². The zero-order chi connectivity index (χ0) is 15.1. The molecule has 0 spiro atoms. The molecule has 0 amide bonds. The average molecular weight is 340 g/mol. The molecule has 2 nitrogen and oxygen atoms in total. The average Bonchev–Trinajstić information content (AvgIpc) is 2.53. The molecule has 4 heteroatoms. The van der Waals surface area contributed by atoms with Gasteiger partial charge < -0.3 is 10.1 Å². The fraction of sp³-hybridized carbons (Fsp3) is 0.333. The van der Waals surface area contributed by atoms with Gasteiger partial charge in [-0.15, -0.1) is 12.4 Å². The van der Waals surface area contributed by atoms with Gasteiger partial charge in [0.25, 0.3) is 0 Å². The van der Waals surface area contributed by atoms with Crippen molar-refractivity contribution in [3.8, 4) is 5.75 Å². The summed E-state index contributed by atoms with van der Waals surface area (Å²) in [6.07, 6.45) is 2.07. The molecule has 0 aliphatic rings. The van der Waals surface area contributed by atoms with Gasteiger partial charge in [-0.25, -0.2) is 0 Å². The molecule has 2 aromatic carbocycles. The number of hydrogen-bond donors (Lipinski definition) is 1. The Labute approximate surface area is 144 Å². The Morgan fingerprint density at radius 2 is 1.91 bits per heavy atom. The highest BCUT2D eigenvalue weighted by molar-refractivity contribution is 6.31. The monoisotopic (exact) mass is 339 g/mol. The zero-order valence-corrected chi connectivity index (χ0v) is 14.6. The van der Waals surface area contributed by atoms with Gasteiger partial charge in [-0.2, -0.15) is 0 Å². The van der Waals surface area contributed by atoms with Crippen LogP contribution in [0.3, 0.4) is 0 Å². The van der Waals surface area contributed by atoms with Crippen LogP contribution >= 0.6 is 24.0 Å². The van der Waals surface area contributed by atoms with Crippen molar-refractivity contribution >= 4 is 24.0 Å². The molecule has 0 aliphatic heterocycles. The Balaban J connectivity index is 0.00000242. The van der Waals surface area contributed by atoms with E-state index in [0.29, 0.717) is 6.04 Å². The smallest absolute Gasteiger partial charge is 0.119 e. The van der Waals surface area contributed by atoms with Gasteiger partial charge in [0, 0.05) is 11.1 Å². The molecule has 0 aliphatic carbocycles. The molecule has 0 heterocycles. The molecule has 0 radical (unpaired) electrons. The number of ether oxygens (including phenoxy) is 1. The molecule has 2 rings (SSSR count). The van der Waals surface area contributed by atoms with Crippen LogP contribution in [-0.4, -0.2) is 13.7 Å². The lowest BCUT2D eigenvalue weighted by molar-refractivity contribution is 0.413. The van der Waals surface area contributed by atoms with Crippen LogP contribution in [0.25, 0.3) is 0 Å². The van der Waals surface area contributed by atoms with Crippen LogP contribution < -0.4 is 10.1 Å². The van der Waals surface area contributed by atoms with Crippen molar-refractivity contribution in [1.82, 2.24) is 5.32 Å². The lowest BCUT2D eigenvalue weighted by Crippen LogP contribution is -2.20. The standard InChI is InChI=1S/C18H22ClNO.ClH/c1-14(16-8-5-10-17(13-16)21-2)20-12-6-9-15-7-3-4-11-18(15)19;/h3-5,7-8,10-11,13-14,20H,6,9,12H2,1-2H3;1H. The minimum Gasteiger partial charge on any atom is -0.497 e. The van der Waals surface area contributed by atoms with Crippen molar-refractivity contribution in [3.05, 3.63) is 64.7 Å². The van der Waals surface area contributed by atoms with Gasteiger partial charge in [-0.1, -0.05) is 41.9 Å². The van der Waals surface area contributed by atoms with Crippen molar-refractivity contribution in [2.75, 3.05) is 13.7 Å². The molecule has 0 fully saturated rings. The number of halogens is 2. The van der Waals surface area contributed by atoms with Crippen molar-refractivity contribution in [1.29, 1.82) is 0 Å². The molecule has 0 aromatic heterocycles. The van der Waals surface area contributed by atoms with E-state index in [1.807, 2.05) is 30.3 Å². The first-order valence-electron chi connectivity index (χ1n) is 7.31. The molecule has 0 bridgehead atoms. The minimum absolute atomic E-state index is 0. The maximum absolute atomic E-state index is 6.16. The minimum atomic E-state index is 0. The lowest BCUT2D eigenvalue weighted by Gasteiger charge is -2.15. The van der Waals surface area contributed by atoms with Crippen molar-refractivity contribution in [2.24, 2.45) is 0 Å². The Bertz CT molecular complexity index is 575. The van der Waals surface area contributed by atoms with Crippen LogP contribution in [0.1, 0.15) is 30.5 Å². The van der Waals surface area contributed by atoms with E-state index >= 15 is 0 Å². The number of methoxy groups -OCH3 is 1. The fourth-order valence-electron chi connectivity index (χ4n) is 2.33. The Morgan fingerprint density at radius 1 is 1.14 bits per heavy atom. The van der Waals surface area contributed by atoms with Gasteiger partial charge in [-0.3, -0.25) is 0 Å². The molecule has 120 valence electrons. The van der Waals surface area contributed by atoms with Gasteiger partial charge in [0.1, 0.15) is 5.75 Å². The van der Waals surface area contributed by atoms with E-state index in [1.54, 1.807) is 7.11 Å². The summed E-state index contributed by atoms with van der Waals surface area (Å²) in [4.78, 5) is 0. The quantitative estimate of drug-likeness (QED) is 0.712. The first kappa shape index (κ1) is 18.8. The molecule has 0 saturated carbocycles. The topological polar surface area (TPSA) is 21.3 Å². The molecule has 1 unspecified atom stereocenters. The molecule has 1 N–H and O–H groups in total. The highest BCUT2D eigenvalue weighted by Crippen LogP contribution is 2.19. The van der Waals surface area contributed by atoms with E-state index in [0.717, 1.165) is 30.2 Å². The second kappa shape index (κ2) is 9.73. The molecule has 1 atom stereocenters. The maximum Gasteiger partial charge on any atom is 0.119 e. The summed E-state index contributed by atoms with van der Waals surface area (Å²) in [5, 5.41) is 4.40. The summed E-state index contributed by atoms with van der Waals surface area (Å²) in [5.74, 6) is 0.900. The Morgan fingerprint density at radius 3 is 2.64 bits per heavy atom. The van der Waals surface area contributed by atoms with Crippen LogP contribution in [-0.2, 0) is 6.42 Å². The normalized spacial score (nSPS) is 11.6. The predicted octanol–water partition coefficient (Wildman–Crippen LogP) is 5.05. The van der Waals surface area contributed by atoms with Crippen LogP contribution in [0.4, 0.5) is 0 Å². The second-order valence-electron chi connectivity index (χ2n) is 5.15. The lowest BCUT2D eigenvalue weighted by atomic mass is 10.1. The van der Waals surface area contributed by atoms with Gasteiger partial charge in [0.2, 0.25) is 0 Å². The summed E-state index contributed by atoms with van der Waals surface area (Å²) < 4.78 is 5.26. The summed E-state index contributed by atoms with van der Waals surface area (Å²) >= 11 is 6.16. The Hall–Kier alpha value is -1.22. The highest BCUT2D eigenvalue weighted by Gasteiger charge is 2.06. The van der Waals surface area contributed by atoms with Crippen molar-refractivity contribution in [3.63, 3.8) is 0 Å². The van der Waals surface area contributed by atoms with Crippen LogP contribution in [0.5, 0.6) is 5.75 Å². The first-order valence-corrected chi connectivity index (χ1v) is 7.69. The molecular formula is C18H23Cl2NO. The van der Waals surface area contributed by atoms with Crippen molar-refractivity contribution < 1.29 is 4.74 Å².